The highest BCUT2D eigenvalue weighted by Gasteiger charge is 1.86. The first-order chi connectivity index (χ1) is 3.81. The fourth-order valence-corrected chi connectivity index (χ4v) is 0.308. The molecule has 8 heavy (non-hydrogen) atoms. The van der Waals surface area contributed by atoms with Crippen molar-refractivity contribution in [1.29, 1.82) is 5.26 Å². The summed E-state index contributed by atoms with van der Waals surface area (Å²) in [5.41, 5.74) is 0. The molecule has 0 bridgehead atoms. The second-order valence-electron chi connectivity index (χ2n) is 1.53. The SMILES string of the molecule is CC(C#N)/C=C/CO. The van der Waals surface area contributed by atoms with Crippen LogP contribution in [0.4, 0.5) is 0 Å². The van der Waals surface area contributed by atoms with Gasteiger partial charge in [0.1, 0.15) is 0 Å². The second kappa shape index (κ2) is 4.35. The third-order valence-corrected chi connectivity index (χ3v) is 0.734. The van der Waals surface area contributed by atoms with Crippen molar-refractivity contribution in [3.8, 4) is 6.07 Å². The third-order valence-electron chi connectivity index (χ3n) is 0.734. The van der Waals surface area contributed by atoms with Gasteiger partial charge in [-0.1, -0.05) is 12.2 Å². The fraction of sp³-hybridized carbons (Fsp3) is 0.500. The largest absolute Gasteiger partial charge is 0.392 e. The van der Waals surface area contributed by atoms with E-state index in [0.717, 1.165) is 0 Å². The number of hydrogen-bond acceptors (Lipinski definition) is 2. The lowest BCUT2D eigenvalue weighted by Gasteiger charge is -1.85. The highest BCUT2D eigenvalue weighted by Crippen LogP contribution is 1.91. The topological polar surface area (TPSA) is 44.0 Å². The maximum atomic E-state index is 8.21. The summed E-state index contributed by atoms with van der Waals surface area (Å²) in [6.45, 7) is 1.79. The Morgan fingerprint density at radius 3 is 2.88 bits per heavy atom. The van der Waals surface area contributed by atoms with Gasteiger partial charge in [-0.2, -0.15) is 5.26 Å². The standard InChI is InChI=1S/C6H9NO/c1-6(5-7)3-2-4-8/h2-3,6,8H,4H2,1H3/b3-2+. The number of allylic oxidation sites excluding steroid dienone is 1. The molecule has 0 aliphatic heterocycles. The molecule has 0 aliphatic carbocycles. The van der Waals surface area contributed by atoms with Gasteiger partial charge < -0.3 is 5.11 Å². The molecular weight excluding hydrogens is 102 g/mol. The van der Waals surface area contributed by atoms with Gasteiger partial charge in [-0.05, 0) is 6.92 Å². The molecule has 0 aromatic carbocycles. The Hall–Kier alpha value is -0.810. The first kappa shape index (κ1) is 7.19. The summed E-state index contributed by atoms with van der Waals surface area (Å²) >= 11 is 0. The molecule has 44 valence electrons. The monoisotopic (exact) mass is 111 g/mol. The molecular formula is C6H9NO. The Labute approximate surface area is 49.1 Å². The highest BCUT2D eigenvalue weighted by atomic mass is 16.2. The maximum Gasteiger partial charge on any atom is 0.0694 e. The molecule has 2 nitrogen and oxygen atoms in total. The van der Waals surface area contributed by atoms with Gasteiger partial charge in [-0.25, -0.2) is 0 Å². The van der Waals surface area contributed by atoms with Gasteiger partial charge in [0, 0.05) is 0 Å². The van der Waals surface area contributed by atoms with Gasteiger partial charge in [-0.3, -0.25) is 0 Å². The van der Waals surface area contributed by atoms with E-state index < -0.39 is 0 Å². The Kier molecular flexibility index (Phi) is 3.91. The van der Waals surface area contributed by atoms with Crippen LogP contribution in [0.25, 0.3) is 0 Å². The van der Waals surface area contributed by atoms with Crippen molar-refractivity contribution in [3.63, 3.8) is 0 Å². The van der Waals surface area contributed by atoms with Crippen molar-refractivity contribution in [2.24, 2.45) is 5.92 Å². The molecule has 1 N–H and O–H groups in total. The summed E-state index contributed by atoms with van der Waals surface area (Å²) in [5, 5.41) is 16.4. The van der Waals surface area contributed by atoms with E-state index in [1.807, 2.05) is 6.07 Å². The van der Waals surface area contributed by atoms with Crippen molar-refractivity contribution in [1.82, 2.24) is 0 Å². The lowest BCUT2D eigenvalue weighted by molar-refractivity contribution is 0.342. The van der Waals surface area contributed by atoms with Crippen LogP contribution in [0.3, 0.4) is 0 Å². The van der Waals surface area contributed by atoms with Gasteiger partial charge >= 0.3 is 0 Å². The summed E-state index contributed by atoms with van der Waals surface area (Å²) < 4.78 is 0. The molecule has 0 spiro atoms. The van der Waals surface area contributed by atoms with Crippen LogP contribution in [-0.2, 0) is 0 Å². The van der Waals surface area contributed by atoms with Gasteiger partial charge in [0.25, 0.3) is 0 Å². The molecule has 0 saturated carbocycles. The summed E-state index contributed by atoms with van der Waals surface area (Å²) in [4.78, 5) is 0. The van der Waals surface area contributed by atoms with E-state index in [9.17, 15) is 0 Å². The lowest BCUT2D eigenvalue weighted by Crippen LogP contribution is -1.82. The molecule has 0 aromatic heterocycles. The van der Waals surface area contributed by atoms with E-state index >= 15 is 0 Å². The quantitative estimate of drug-likeness (QED) is 0.533. The number of aliphatic hydroxyl groups excluding tert-OH is 1. The van der Waals surface area contributed by atoms with E-state index in [0.29, 0.717) is 0 Å². The minimum atomic E-state index is -0.0813. The van der Waals surface area contributed by atoms with Gasteiger partial charge in [-0.15, -0.1) is 0 Å². The molecule has 0 saturated heterocycles. The molecule has 1 atom stereocenters. The predicted molar refractivity (Wildman–Crippen MR) is 31.0 cm³/mol. The normalized spacial score (nSPS) is 13.6. The fourth-order valence-electron chi connectivity index (χ4n) is 0.308. The van der Waals surface area contributed by atoms with Crippen LogP contribution in [0.5, 0.6) is 0 Å². The van der Waals surface area contributed by atoms with Crippen molar-refractivity contribution in [2.45, 2.75) is 6.92 Å². The minimum Gasteiger partial charge on any atom is -0.392 e. The van der Waals surface area contributed by atoms with Crippen LogP contribution in [0.1, 0.15) is 6.92 Å². The Balaban J connectivity index is 3.40. The second-order valence-corrected chi connectivity index (χ2v) is 1.53. The summed E-state index contributed by atoms with van der Waals surface area (Å²) in [6, 6.07) is 2.00. The zero-order valence-electron chi connectivity index (χ0n) is 4.83. The first-order valence-electron chi connectivity index (χ1n) is 2.48. The van der Waals surface area contributed by atoms with Crippen molar-refractivity contribution in [2.75, 3.05) is 6.61 Å². The summed E-state index contributed by atoms with van der Waals surface area (Å²) in [7, 11) is 0. The molecule has 1 unspecified atom stereocenters. The number of hydrogen-bond donors (Lipinski definition) is 1. The smallest absolute Gasteiger partial charge is 0.0694 e. The van der Waals surface area contributed by atoms with Crippen LogP contribution in [0.15, 0.2) is 12.2 Å². The molecule has 0 aromatic rings. The molecule has 0 fully saturated rings. The van der Waals surface area contributed by atoms with E-state index in [4.69, 9.17) is 10.4 Å². The van der Waals surface area contributed by atoms with Crippen molar-refractivity contribution >= 4 is 0 Å². The average Bonchev–Trinajstić information content (AvgIpc) is 1.83. The maximum absolute atomic E-state index is 8.21. The number of aliphatic hydroxyl groups is 1. The first-order valence-corrected chi connectivity index (χ1v) is 2.48. The van der Waals surface area contributed by atoms with Gasteiger partial charge in [0.2, 0.25) is 0 Å². The van der Waals surface area contributed by atoms with E-state index in [1.165, 1.54) is 0 Å². The minimum absolute atomic E-state index is 0.0199. The third kappa shape index (κ3) is 3.38. The van der Waals surface area contributed by atoms with Crippen LogP contribution in [-0.4, -0.2) is 11.7 Å². The molecule has 0 heterocycles. The van der Waals surface area contributed by atoms with Gasteiger partial charge in [0.05, 0.1) is 18.6 Å². The lowest BCUT2D eigenvalue weighted by atomic mass is 10.2. The number of nitriles is 1. The van der Waals surface area contributed by atoms with E-state index in [2.05, 4.69) is 0 Å². The Morgan fingerprint density at radius 2 is 2.50 bits per heavy atom. The van der Waals surface area contributed by atoms with Gasteiger partial charge in [0.15, 0.2) is 0 Å². The molecule has 0 aliphatic rings. The van der Waals surface area contributed by atoms with Crippen LogP contribution >= 0.6 is 0 Å². The zero-order chi connectivity index (χ0) is 6.41. The van der Waals surface area contributed by atoms with Crippen LogP contribution < -0.4 is 0 Å². The van der Waals surface area contributed by atoms with Crippen LogP contribution in [0, 0.1) is 17.2 Å². The Morgan fingerprint density at radius 1 is 1.88 bits per heavy atom. The number of rotatable bonds is 2. The number of nitrogens with zero attached hydrogens (tertiary/aromatic N) is 1. The van der Waals surface area contributed by atoms with Crippen molar-refractivity contribution < 1.29 is 5.11 Å². The average molecular weight is 111 g/mol. The summed E-state index contributed by atoms with van der Waals surface area (Å²) in [5.74, 6) is -0.0813. The van der Waals surface area contributed by atoms with E-state index in [-0.39, 0.29) is 12.5 Å². The zero-order valence-corrected chi connectivity index (χ0v) is 4.83. The van der Waals surface area contributed by atoms with Crippen LogP contribution in [0.2, 0.25) is 0 Å². The molecule has 0 amide bonds. The Bertz CT molecular complexity index is 112. The highest BCUT2D eigenvalue weighted by molar-refractivity contribution is 4.96. The van der Waals surface area contributed by atoms with E-state index in [1.54, 1.807) is 19.1 Å². The van der Waals surface area contributed by atoms with Crippen molar-refractivity contribution in [3.05, 3.63) is 12.2 Å². The molecule has 0 radical (unpaired) electrons. The predicted octanol–water partition coefficient (Wildman–Crippen LogP) is 0.695. The summed E-state index contributed by atoms with van der Waals surface area (Å²) in [6.07, 6.45) is 3.23. The molecule has 2 heteroatoms. The molecule has 0 rings (SSSR count).